The van der Waals surface area contributed by atoms with E-state index < -0.39 is 47.0 Å². The number of anilines is 1. The smallest absolute Gasteiger partial charge is 0.310 e. The average Bonchev–Trinajstić information content (AvgIpc) is 3.40. The first-order valence-electron chi connectivity index (χ1n) is 12.8. The van der Waals surface area contributed by atoms with E-state index in [0.29, 0.717) is 24.9 Å². The van der Waals surface area contributed by atoms with Crippen molar-refractivity contribution in [2.75, 3.05) is 18.1 Å². The van der Waals surface area contributed by atoms with Crippen LogP contribution in [0, 0.1) is 31.6 Å². The fourth-order valence-corrected chi connectivity index (χ4v) is 6.78. The van der Waals surface area contributed by atoms with Crippen molar-refractivity contribution in [1.82, 2.24) is 4.90 Å². The van der Waals surface area contributed by atoms with Crippen LogP contribution in [0.25, 0.3) is 0 Å². The quantitative estimate of drug-likeness (QED) is 0.507. The minimum absolute atomic E-state index is 0.103. The SMILES string of the molecule is C=CCN(C(=O)C1N([C@@H](CO)[C@@H](C)CC)C(=O)[C@@H]2[C@H](C(=O)O)[C@]3(C)CCC12O3)c1cc(C)ccc1C. The fourth-order valence-electron chi connectivity index (χ4n) is 6.78. The van der Waals surface area contributed by atoms with Crippen molar-refractivity contribution in [1.29, 1.82) is 0 Å². The van der Waals surface area contributed by atoms with E-state index >= 15 is 0 Å². The Morgan fingerprint density at radius 2 is 2.03 bits per heavy atom. The lowest BCUT2D eigenvalue weighted by Gasteiger charge is -2.41. The molecule has 3 fully saturated rings. The van der Waals surface area contributed by atoms with Gasteiger partial charge in [0.1, 0.15) is 11.6 Å². The highest BCUT2D eigenvalue weighted by molar-refractivity contribution is 6.05. The molecule has 36 heavy (non-hydrogen) atoms. The van der Waals surface area contributed by atoms with Crippen molar-refractivity contribution in [2.24, 2.45) is 17.8 Å². The Bertz CT molecular complexity index is 1090. The Kier molecular flexibility index (Phi) is 6.81. The van der Waals surface area contributed by atoms with Gasteiger partial charge in [-0.3, -0.25) is 14.4 Å². The number of likely N-dealkylation sites (tertiary alicyclic amines) is 1. The Hall–Kier alpha value is -2.71. The number of aliphatic hydroxyl groups excluding tert-OH is 1. The van der Waals surface area contributed by atoms with Gasteiger partial charge in [-0.2, -0.15) is 0 Å². The lowest BCUT2D eigenvalue weighted by molar-refractivity contribution is -0.156. The Morgan fingerprint density at radius 3 is 2.61 bits per heavy atom. The molecule has 2 bridgehead atoms. The molecule has 196 valence electrons. The van der Waals surface area contributed by atoms with E-state index in [4.69, 9.17) is 4.74 Å². The number of hydrogen-bond donors (Lipinski definition) is 2. The van der Waals surface area contributed by atoms with Crippen LogP contribution in [0.2, 0.25) is 0 Å². The number of amides is 2. The molecular weight excluding hydrogens is 460 g/mol. The first kappa shape index (κ1) is 26.4. The number of carbonyl (C=O) groups is 3. The number of rotatable bonds is 9. The normalized spacial score (nSPS) is 32.3. The highest BCUT2D eigenvalue weighted by Gasteiger charge is 2.79. The monoisotopic (exact) mass is 498 g/mol. The zero-order valence-corrected chi connectivity index (χ0v) is 21.9. The maximum absolute atomic E-state index is 14.6. The predicted molar refractivity (Wildman–Crippen MR) is 135 cm³/mol. The zero-order chi connectivity index (χ0) is 26.6. The van der Waals surface area contributed by atoms with Crippen LogP contribution in [0.15, 0.2) is 30.9 Å². The molecule has 2 unspecified atom stereocenters. The molecule has 3 heterocycles. The number of aliphatic carboxylic acids is 1. The summed E-state index contributed by atoms with van der Waals surface area (Å²) in [6.45, 7) is 13.2. The number of nitrogens with zero attached hydrogens (tertiary/aromatic N) is 2. The number of carboxylic acid groups (broad SMARTS) is 1. The molecule has 3 saturated heterocycles. The van der Waals surface area contributed by atoms with Gasteiger partial charge >= 0.3 is 5.97 Å². The summed E-state index contributed by atoms with van der Waals surface area (Å²) in [6.07, 6.45) is 3.18. The minimum Gasteiger partial charge on any atom is -0.481 e. The van der Waals surface area contributed by atoms with Crippen molar-refractivity contribution >= 4 is 23.5 Å². The third-order valence-corrected chi connectivity index (χ3v) is 8.79. The average molecular weight is 499 g/mol. The largest absolute Gasteiger partial charge is 0.481 e. The highest BCUT2D eigenvalue weighted by atomic mass is 16.5. The Morgan fingerprint density at radius 1 is 1.33 bits per heavy atom. The van der Waals surface area contributed by atoms with Crippen LogP contribution in [0.1, 0.15) is 51.2 Å². The van der Waals surface area contributed by atoms with Gasteiger partial charge in [-0.05, 0) is 56.7 Å². The van der Waals surface area contributed by atoms with Crippen LogP contribution < -0.4 is 4.90 Å². The first-order chi connectivity index (χ1) is 17.0. The van der Waals surface area contributed by atoms with Crippen molar-refractivity contribution in [2.45, 2.75) is 77.2 Å². The third kappa shape index (κ3) is 3.68. The van der Waals surface area contributed by atoms with Crippen molar-refractivity contribution in [3.8, 4) is 0 Å². The summed E-state index contributed by atoms with van der Waals surface area (Å²) in [4.78, 5) is 44.2. The van der Waals surface area contributed by atoms with E-state index in [1.807, 2.05) is 45.9 Å². The molecule has 4 rings (SSSR count). The molecule has 8 nitrogen and oxygen atoms in total. The Balaban J connectivity index is 1.90. The van der Waals surface area contributed by atoms with E-state index in [9.17, 15) is 24.6 Å². The van der Waals surface area contributed by atoms with Crippen molar-refractivity contribution in [3.05, 3.63) is 42.0 Å². The molecule has 0 aliphatic carbocycles. The van der Waals surface area contributed by atoms with Crippen molar-refractivity contribution < 1.29 is 29.3 Å². The number of hydrogen-bond acceptors (Lipinski definition) is 5. The summed E-state index contributed by atoms with van der Waals surface area (Å²) in [5, 5.41) is 20.6. The maximum atomic E-state index is 14.6. The van der Waals surface area contributed by atoms with E-state index in [1.54, 1.807) is 17.9 Å². The second-order valence-electron chi connectivity index (χ2n) is 11.0. The van der Waals surface area contributed by atoms with E-state index in [0.717, 1.165) is 11.1 Å². The molecule has 0 saturated carbocycles. The van der Waals surface area contributed by atoms with Crippen LogP contribution in [0.3, 0.4) is 0 Å². The number of fused-ring (bicyclic) bond motifs is 1. The highest BCUT2D eigenvalue weighted by Crippen LogP contribution is 2.63. The van der Waals surface area contributed by atoms with Gasteiger partial charge < -0.3 is 24.7 Å². The van der Waals surface area contributed by atoms with Gasteiger partial charge in [0.15, 0.2) is 0 Å². The standard InChI is InChI=1S/C28H38N2O6/c1-7-13-29(19-14-16(3)9-10-18(19)5)25(33)23-28-12-11-27(6,36-28)22(26(34)35)21(28)24(32)30(23)20(15-31)17(4)8-2/h7,9-10,14,17,20-23,31H,1,8,11-13,15H2,2-6H3,(H,34,35)/t17-,20-,21-,22+,23?,27-,28?/m0/s1. The second-order valence-corrected chi connectivity index (χ2v) is 11.0. The van der Waals surface area contributed by atoms with Crippen molar-refractivity contribution in [3.63, 3.8) is 0 Å². The van der Waals surface area contributed by atoms with Crippen LogP contribution in [-0.4, -0.2) is 69.3 Å². The molecular formula is C28H38N2O6. The summed E-state index contributed by atoms with van der Waals surface area (Å²) in [7, 11) is 0. The van der Waals surface area contributed by atoms with Gasteiger partial charge in [-0.15, -0.1) is 6.58 Å². The van der Waals surface area contributed by atoms with Gasteiger partial charge in [0.05, 0.1) is 30.1 Å². The van der Waals surface area contributed by atoms with Crippen LogP contribution >= 0.6 is 0 Å². The molecule has 0 aromatic heterocycles. The Labute approximate surface area is 212 Å². The van der Waals surface area contributed by atoms with Gasteiger partial charge in [0.25, 0.3) is 5.91 Å². The molecule has 2 N–H and O–H groups in total. The van der Waals surface area contributed by atoms with Crippen LogP contribution in [0.5, 0.6) is 0 Å². The number of carboxylic acids is 1. The van der Waals surface area contributed by atoms with Crippen LogP contribution in [-0.2, 0) is 19.1 Å². The molecule has 1 spiro atoms. The van der Waals surface area contributed by atoms with Gasteiger partial charge in [-0.25, -0.2) is 0 Å². The van der Waals surface area contributed by atoms with E-state index in [-0.39, 0.29) is 25.0 Å². The summed E-state index contributed by atoms with van der Waals surface area (Å²) >= 11 is 0. The lowest BCUT2D eigenvalue weighted by atomic mass is 9.66. The summed E-state index contributed by atoms with van der Waals surface area (Å²) in [6, 6.07) is 4.17. The number of aliphatic hydroxyl groups is 1. The summed E-state index contributed by atoms with van der Waals surface area (Å²) in [5.74, 6) is -3.98. The van der Waals surface area contributed by atoms with Gasteiger partial charge in [0.2, 0.25) is 5.91 Å². The van der Waals surface area contributed by atoms with Crippen LogP contribution in [0.4, 0.5) is 5.69 Å². The van der Waals surface area contributed by atoms with E-state index in [1.165, 1.54) is 4.90 Å². The fraction of sp³-hybridized carbons (Fsp3) is 0.607. The number of carbonyl (C=O) groups excluding carboxylic acids is 2. The molecule has 8 heteroatoms. The van der Waals surface area contributed by atoms with Gasteiger partial charge in [-0.1, -0.05) is 38.5 Å². The lowest BCUT2D eigenvalue weighted by Crippen LogP contribution is -2.60. The molecule has 3 aliphatic heterocycles. The topological polar surface area (TPSA) is 107 Å². The number of benzene rings is 1. The molecule has 7 atom stereocenters. The summed E-state index contributed by atoms with van der Waals surface area (Å²) in [5.41, 5.74) is 0.310. The second kappa shape index (κ2) is 9.30. The summed E-state index contributed by atoms with van der Waals surface area (Å²) < 4.78 is 6.51. The molecule has 1 aromatic rings. The van der Waals surface area contributed by atoms with E-state index in [2.05, 4.69) is 6.58 Å². The molecule has 3 aliphatic rings. The number of ether oxygens (including phenoxy) is 1. The minimum atomic E-state index is -1.26. The zero-order valence-electron chi connectivity index (χ0n) is 21.9. The third-order valence-electron chi connectivity index (χ3n) is 8.79. The molecule has 1 aromatic carbocycles. The molecule has 2 amide bonds. The predicted octanol–water partition coefficient (Wildman–Crippen LogP) is 3.08. The first-order valence-corrected chi connectivity index (χ1v) is 12.8. The molecule has 0 radical (unpaired) electrons. The van der Waals surface area contributed by atoms with Gasteiger partial charge in [0, 0.05) is 12.2 Å². The number of aryl methyl sites for hydroxylation is 2. The maximum Gasteiger partial charge on any atom is 0.310 e.